The average molecular weight is 430 g/mol. The molecule has 2 heterocycles. The van der Waals surface area contributed by atoms with Crippen LogP contribution < -0.4 is 5.56 Å². The number of thiophene rings is 1. The third-order valence-corrected chi connectivity index (χ3v) is 7.44. The van der Waals surface area contributed by atoms with Crippen molar-refractivity contribution in [3.05, 3.63) is 26.6 Å². The van der Waals surface area contributed by atoms with Gasteiger partial charge in [-0.25, -0.2) is 4.98 Å². The van der Waals surface area contributed by atoms with Crippen molar-refractivity contribution in [3.8, 4) is 12.3 Å². The van der Waals surface area contributed by atoms with E-state index in [4.69, 9.17) is 16.1 Å². The van der Waals surface area contributed by atoms with E-state index in [0.717, 1.165) is 42.3 Å². The molecule has 0 amide bonds. The molecular weight excluding hydrogens is 398 g/mol. The fourth-order valence-corrected chi connectivity index (χ4v) is 6.12. The quantitative estimate of drug-likeness (QED) is 0.498. The third kappa shape index (κ3) is 4.94. The predicted molar refractivity (Wildman–Crippen MR) is 120 cm³/mol. The summed E-state index contributed by atoms with van der Waals surface area (Å²) in [5, 5.41) is 11.3. The van der Waals surface area contributed by atoms with Crippen molar-refractivity contribution in [1.29, 1.82) is 0 Å². The molecule has 162 valence electrons. The van der Waals surface area contributed by atoms with E-state index in [-0.39, 0.29) is 18.8 Å². The summed E-state index contributed by atoms with van der Waals surface area (Å²) in [6, 6.07) is 0.388. The number of ether oxygens (including phenoxy) is 1. The Morgan fingerprint density at radius 2 is 2.07 bits per heavy atom. The van der Waals surface area contributed by atoms with Crippen molar-refractivity contribution in [2.45, 2.75) is 76.5 Å². The van der Waals surface area contributed by atoms with Crippen LogP contribution in [-0.4, -0.2) is 51.9 Å². The summed E-state index contributed by atoms with van der Waals surface area (Å²) in [6.45, 7) is 1.44. The summed E-state index contributed by atoms with van der Waals surface area (Å²) in [6.07, 6.45) is 14.9. The summed E-state index contributed by atoms with van der Waals surface area (Å²) in [7, 11) is 0. The lowest BCUT2D eigenvalue weighted by Crippen LogP contribution is -2.43. The SMILES string of the molecule is C#CCOC[C@@H](O)CN(Cc1nc2sc3c(c2c(=O)[nH]1)CCCC3)C1CCCCC1. The Morgan fingerprint density at radius 3 is 2.87 bits per heavy atom. The van der Waals surface area contributed by atoms with E-state index < -0.39 is 6.10 Å². The molecule has 2 aliphatic rings. The summed E-state index contributed by atoms with van der Waals surface area (Å²) in [5.74, 6) is 3.12. The molecule has 4 rings (SSSR count). The number of nitrogens with one attached hydrogen (secondary N) is 1. The molecule has 2 aliphatic carbocycles. The van der Waals surface area contributed by atoms with Gasteiger partial charge in [0.05, 0.1) is 24.6 Å². The highest BCUT2D eigenvalue weighted by Crippen LogP contribution is 2.33. The number of rotatable bonds is 8. The highest BCUT2D eigenvalue weighted by molar-refractivity contribution is 7.18. The van der Waals surface area contributed by atoms with E-state index in [9.17, 15) is 9.90 Å². The largest absolute Gasteiger partial charge is 0.389 e. The Bertz CT molecular complexity index is 955. The van der Waals surface area contributed by atoms with Gasteiger partial charge in [0.1, 0.15) is 17.3 Å². The Balaban J connectivity index is 1.54. The van der Waals surface area contributed by atoms with Crippen LogP contribution in [0.4, 0.5) is 0 Å². The lowest BCUT2D eigenvalue weighted by Gasteiger charge is -2.35. The number of aromatic nitrogens is 2. The lowest BCUT2D eigenvalue weighted by atomic mass is 9.94. The molecule has 30 heavy (non-hydrogen) atoms. The highest BCUT2D eigenvalue weighted by Gasteiger charge is 2.25. The number of fused-ring (bicyclic) bond motifs is 3. The second kappa shape index (κ2) is 10.1. The van der Waals surface area contributed by atoms with Gasteiger partial charge in [-0.15, -0.1) is 17.8 Å². The van der Waals surface area contributed by atoms with Crippen molar-refractivity contribution in [2.24, 2.45) is 0 Å². The van der Waals surface area contributed by atoms with Crippen molar-refractivity contribution in [2.75, 3.05) is 19.8 Å². The number of hydrogen-bond donors (Lipinski definition) is 2. The highest BCUT2D eigenvalue weighted by atomic mass is 32.1. The van der Waals surface area contributed by atoms with Gasteiger partial charge in [0.15, 0.2) is 0 Å². The van der Waals surface area contributed by atoms with Gasteiger partial charge < -0.3 is 14.8 Å². The van der Waals surface area contributed by atoms with E-state index in [2.05, 4.69) is 15.8 Å². The van der Waals surface area contributed by atoms with E-state index in [0.29, 0.717) is 25.0 Å². The Labute approximate surface area is 181 Å². The molecular formula is C23H31N3O3S. The summed E-state index contributed by atoms with van der Waals surface area (Å²) in [4.78, 5) is 25.2. The number of aromatic amines is 1. The van der Waals surface area contributed by atoms with Crippen LogP contribution in [0.2, 0.25) is 0 Å². The molecule has 0 radical (unpaired) electrons. The standard InChI is InChI=1S/C23H31N3O3S/c1-2-12-29-15-17(27)13-26(16-8-4-3-5-9-16)14-20-24-22(28)21-18-10-6-7-11-19(18)30-23(21)25-20/h1,16-17,27H,3-15H2,(H,24,25,28)/t17-/m0/s1. The number of aliphatic hydroxyl groups is 1. The van der Waals surface area contributed by atoms with Gasteiger partial charge in [0, 0.05) is 17.5 Å². The first-order valence-electron chi connectivity index (χ1n) is 11.1. The minimum absolute atomic E-state index is 0.0177. The predicted octanol–water partition coefficient (Wildman–Crippen LogP) is 3.01. The Kier molecular flexibility index (Phi) is 7.21. The fraction of sp³-hybridized carbons (Fsp3) is 0.652. The maximum atomic E-state index is 12.9. The van der Waals surface area contributed by atoms with Gasteiger partial charge in [0.25, 0.3) is 5.56 Å². The lowest BCUT2D eigenvalue weighted by molar-refractivity contribution is 0.00995. The zero-order valence-corrected chi connectivity index (χ0v) is 18.3. The number of nitrogens with zero attached hydrogens (tertiary/aromatic N) is 2. The maximum absolute atomic E-state index is 12.9. The molecule has 1 fully saturated rings. The number of H-pyrrole nitrogens is 1. The second-order valence-electron chi connectivity index (χ2n) is 8.50. The van der Waals surface area contributed by atoms with Gasteiger partial charge in [-0.2, -0.15) is 0 Å². The van der Waals surface area contributed by atoms with Crippen LogP contribution in [0.1, 0.15) is 61.2 Å². The monoisotopic (exact) mass is 429 g/mol. The second-order valence-corrected chi connectivity index (χ2v) is 9.58. The van der Waals surface area contributed by atoms with Crippen LogP contribution >= 0.6 is 11.3 Å². The summed E-state index contributed by atoms with van der Waals surface area (Å²) in [5.41, 5.74) is 1.20. The zero-order valence-electron chi connectivity index (χ0n) is 17.5. The van der Waals surface area contributed by atoms with Gasteiger partial charge in [-0.1, -0.05) is 25.2 Å². The molecule has 7 heteroatoms. The molecule has 2 N–H and O–H groups in total. The minimum atomic E-state index is -0.621. The normalized spacial score (nSPS) is 18.4. The third-order valence-electron chi connectivity index (χ3n) is 6.26. The molecule has 2 aromatic heterocycles. The van der Waals surface area contributed by atoms with E-state index in [1.165, 1.54) is 36.1 Å². The van der Waals surface area contributed by atoms with Crippen molar-refractivity contribution < 1.29 is 9.84 Å². The zero-order chi connectivity index (χ0) is 20.9. The number of terminal acetylenes is 1. The first kappa shape index (κ1) is 21.5. The molecule has 0 bridgehead atoms. The van der Waals surface area contributed by atoms with Gasteiger partial charge in [0.2, 0.25) is 0 Å². The van der Waals surface area contributed by atoms with Crippen molar-refractivity contribution in [3.63, 3.8) is 0 Å². The molecule has 2 aromatic rings. The van der Waals surface area contributed by atoms with Crippen LogP contribution in [0, 0.1) is 12.3 Å². The van der Waals surface area contributed by atoms with E-state index in [1.54, 1.807) is 11.3 Å². The first-order valence-corrected chi connectivity index (χ1v) is 11.9. The van der Waals surface area contributed by atoms with Gasteiger partial charge >= 0.3 is 0 Å². The van der Waals surface area contributed by atoms with Crippen LogP contribution in [0.3, 0.4) is 0 Å². The molecule has 0 aromatic carbocycles. The first-order chi connectivity index (χ1) is 14.7. The van der Waals surface area contributed by atoms with Gasteiger partial charge in [-0.3, -0.25) is 9.69 Å². The minimum Gasteiger partial charge on any atom is -0.389 e. The summed E-state index contributed by atoms with van der Waals surface area (Å²) >= 11 is 1.68. The maximum Gasteiger partial charge on any atom is 0.259 e. The van der Waals surface area contributed by atoms with Gasteiger partial charge in [-0.05, 0) is 44.1 Å². The average Bonchev–Trinajstić information content (AvgIpc) is 3.13. The number of hydrogen-bond acceptors (Lipinski definition) is 6. The van der Waals surface area contributed by atoms with Crippen LogP contribution in [0.5, 0.6) is 0 Å². The molecule has 6 nitrogen and oxygen atoms in total. The smallest absolute Gasteiger partial charge is 0.259 e. The van der Waals surface area contributed by atoms with E-state index >= 15 is 0 Å². The molecule has 0 aliphatic heterocycles. The Hall–Kier alpha value is -1.72. The molecule has 0 spiro atoms. The van der Waals surface area contributed by atoms with Crippen molar-refractivity contribution in [1.82, 2.24) is 14.9 Å². The fourth-order valence-electron chi connectivity index (χ4n) is 4.84. The molecule has 0 saturated heterocycles. The Morgan fingerprint density at radius 1 is 1.27 bits per heavy atom. The van der Waals surface area contributed by atoms with Crippen LogP contribution in [0.25, 0.3) is 10.2 Å². The topological polar surface area (TPSA) is 78.5 Å². The summed E-state index contributed by atoms with van der Waals surface area (Å²) < 4.78 is 5.32. The van der Waals surface area contributed by atoms with Crippen LogP contribution in [-0.2, 0) is 24.1 Å². The van der Waals surface area contributed by atoms with E-state index in [1.807, 2.05) is 0 Å². The van der Waals surface area contributed by atoms with Crippen molar-refractivity contribution >= 4 is 21.6 Å². The molecule has 0 unspecified atom stereocenters. The number of aliphatic hydroxyl groups excluding tert-OH is 1. The van der Waals surface area contributed by atoms with Crippen LogP contribution in [0.15, 0.2) is 4.79 Å². The molecule has 1 atom stereocenters. The number of aryl methyl sites for hydroxylation is 2. The molecule has 1 saturated carbocycles.